The van der Waals surface area contributed by atoms with E-state index in [-0.39, 0.29) is 47.8 Å². The van der Waals surface area contributed by atoms with Crippen molar-refractivity contribution in [3.05, 3.63) is 29.8 Å². The Morgan fingerprint density at radius 1 is 1.26 bits per heavy atom. The topological polar surface area (TPSA) is 72.1 Å². The van der Waals surface area contributed by atoms with E-state index < -0.39 is 0 Å². The van der Waals surface area contributed by atoms with Gasteiger partial charge in [0.05, 0.1) is 31.4 Å². The molecule has 7 heteroatoms. The monoisotopic (exact) mass is 488 g/mol. The van der Waals surface area contributed by atoms with Crippen LogP contribution in [-0.2, 0) is 4.74 Å². The maximum absolute atomic E-state index is 6.21. The predicted molar refractivity (Wildman–Crippen MR) is 120 cm³/mol. The Morgan fingerprint density at radius 2 is 1.93 bits per heavy atom. The number of aliphatic imine (C=N–C) groups is 1. The van der Waals surface area contributed by atoms with Crippen LogP contribution in [-0.4, -0.2) is 54.8 Å². The second kappa shape index (κ2) is 9.43. The van der Waals surface area contributed by atoms with Gasteiger partial charge in [0.2, 0.25) is 0 Å². The van der Waals surface area contributed by atoms with Crippen LogP contribution < -0.4 is 15.8 Å². The number of halogens is 1. The van der Waals surface area contributed by atoms with E-state index in [4.69, 9.17) is 15.2 Å². The van der Waals surface area contributed by atoms with Crippen molar-refractivity contribution in [3.63, 3.8) is 0 Å². The van der Waals surface area contributed by atoms with E-state index >= 15 is 0 Å². The maximum Gasteiger partial charge on any atom is 0.189 e. The van der Waals surface area contributed by atoms with Crippen LogP contribution in [0.4, 0.5) is 0 Å². The van der Waals surface area contributed by atoms with Gasteiger partial charge in [-0.2, -0.15) is 0 Å². The van der Waals surface area contributed by atoms with E-state index in [0.29, 0.717) is 19.1 Å². The van der Waals surface area contributed by atoms with Gasteiger partial charge in [-0.1, -0.05) is 18.2 Å². The van der Waals surface area contributed by atoms with E-state index in [2.05, 4.69) is 49.0 Å². The highest BCUT2D eigenvalue weighted by Gasteiger charge is 2.33. The molecule has 0 spiro atoms. The molecule has 2 aliphatic heterocycles. The highest BCUT2D eigenvalue weighted by atomic mass is 127. The lowest BCUT2D eigenvalue weighted by Crippen LogP contribution is -2.56. The lowest BCUT2D eigenvalue weighted by atomic mass is 10.00. The molecule has 0 aromatic heterocycles. The Balaban J connectivity index is 0.00000261. The van der Waals surface area contributed by atoms with Gasteiger partial charge in [0.25, 0.3) is 0 Å². The second-order valence-electron chi connectivity index (χ2n) is 8.05. The first-order valence-corrected chi connectivity index (χ1v) is 9.54. The van der Waals surface area contributed by atoms with Crippen LogP contribution in [0.15, 0.2) is 29.3 Å². The van der Waals surface area contributed by atoms with Crippen molar-refractivity contribution in [2.45, 2.75) is 57.9 Å². The van der Waals surface area contributed by atoms with E-state index in [1.54, 1.807) is 0 Å². The highest BCUT2D eigenvalue weighted by Crippen LogP contribution is 2.31. The molecule has 1 fully saturated rings. The number of nitrogens with zero attached hydrogens (tertiary/aromatic N) is 2. The number of nitrogens with two attached hydrogens (primary N) is 1. The molecule has 0 amide bonds. The zero-order valence-corrected chi connectivity index (χ0v) is 19.1. The fourth-order valence-electron chi connectivity index (χ4n) is 3.77. The quantitative estimate of drug-likeness (QED) is 0.388. The van der Waals surface area contributed by atoms with Gasteiger partial charge in [-0.3, -0.25) is 9.89 Å². The Kier molecular flexibility index (Phi) is 7.76. The van der Waals surface area contributed by atoms with Crippen molar-refractivity contribution in [1.82, 2.24) is 10.2 Å². The molecule has 2 heterocycles. The van der Waals surface area contributed by atoms with Gasteiger partial charge in [0, 0.05) is 30.6 Å². The van der Waals surface area contributed by atoms with Crippen LogP contribution in [0.25, 0.3) is 0 Å². The van der Waals surface area contributed by atoms with E-state index in [0.717, 1.165) is 30.8 Å². The van der Waals surface area contributed by atoms with Gasteiger partial charge in [0.1, 0.15) is 5.75 Å². The number of guanidine groups is 1. The summed E-state index contributed by atoms with van der Waals surface area (Å²) in [5.41, 5.74) is 7.29. The molecule has 3 unspecified atom stereocenters. The zero-order chi connectivity index (χ0) is 18.7. The van der Waals surface area contributed by atoms with E-state index in [1.165, 1.54) is 0 Å². The zero-order valence-electron chi connectivity index (χ0n) is 16.8. The van der Waals surface area contributed by atoms with Crippen LogP contribution >= 0.6 is 24.0 Å². The van der Waals surface area contributed by atoms with Crippen molar-refractivity contribution in [3.8, 4) is 5.75 Å². The van der Waals surface area contributed by atoms with Gasteiger partial charge in [-0.15, -0.1) is 24.0 Å². The average Bonchev–Trinajstić information content (AvgIpc) is 2.60. The second-order valence-corrected chi connectivity index (χ2v) is 8.05. The fourth-order valence-corrected chi connectivity index (χ4v) is 3.77. The molecular formula is C20H33IN4O2. The summed E-state index contributed by atoms with van der Waals surface area (Å²) in [5.74, 6) is 1.43. The molecule has 0 radical (unpaired) electrons. The third-order valence-electron chi connectivity index (χ3n) is 5.19. The molecule has 2 aliphatic rings. The predicted octanol–water partition coefficient (Wildman–Crippen LogP) is 2.92. The first kappa shape index (κ1) is 22.2. The van der Waals surface area contributed by atoms with Crippen molar-refractivity contribution in [2.24, 2.45) is 10.7 Å². The first-order valence-electron chi connectivity index (χ1n) is 9.54. The highest BCUT2D eigenvalue weighted by molar-refractivity contribution is 14.0. The normalized spacial score (nSPS) is 26.5. The average molecular weight is 488 g/mol. The summed E-state index contributed by atoms with van der Waals surface area (Å²) in [4.78, 5) is 7.10. The Labute approximate surface area is 179 Å². The number of hydrogen-bond donors (Lipinski definition) is 2. The Morgan fingerprint density at radius 3 is 2.63 bits per heavy atom. The lowest BCUT2D eigenvalue weighted by Gasteiger charge is -2.44. The van der Waals surface area contributed by atoms with Gasteiger partial charge in [-0.25, -0.2) is 0 Å². The molecular weight excluding hydrogens is 455 g/mol. The molecule has 0 bridgehead atoms. The summed E-state index contributed by atoms with van der Waals surface area (Å²) in [5, 5.41) is 3.37. The van der Waals surface area contributed by atoms with Crippen LogP contribution in [0.5, 0.6) is 5.75 Å². The molecule has 3 N–H and O–H groups in total. The summed E-state index contributed by atoms with van der Waals surface area (Å²) in [7, 11) is 0. The molecule has 6 nitrogen and oxygen atoms in total. The van der Waals surface area contributed by atoms with Crippen molar-refractivity contribution < 1.29 is 9.47 Å². The van der Waals surface area contributed by atoms with Crippen molar-refractivity contribution in [2.75, 3.05) is 26.2 Å². The first-order chi connectivity index (χ1) is 12.3. The summed E-state index contributed by atoms with van der Waals surface area (Å²) >= 11 is 0. The Bertz CT molecular complexity index is 643. The summed E-state index contributed by atoms with van der Waals surface area (Å²) in [6.45, 7) is 11.9. The van der Waals surface area contributed by atoms with E-state index in [9.17, 15) is 0 Å². The van der Waals surface area contributed by atoms with Crippen LogP contribution in [0.1, 0.15) is 45.7 Å². The maximum atomic E-state index is 6.21. The minimum absolute atomic E-state index is 0. The van der Waals surface area contributed by atoms with Gasteiger partial charge in [0.15, 0.2) is 5.96 Å². The van der Waals surface area contributed by atoms with Crippen LogP contribution in [0.3, 0.4) is 0 Å². The third kappa shape index (κ3) is 5.71. The molecule has 1 aromatic rings. The number of benzene rings is 1. The molecule has 27 heavy (non-hydrogen) atoms. The number of para-hydroxylation sites is 1. The number of ether oxygens (including phenoxy) is 2. The molecule has 0 aliphatic carbocycles. The Hall–Kier alpha value is -1.06. The van der Waals surface area contributed by atoms with Crippen LogP contribution in [0.2, 0.25) is 0 Å². The number of nitrogens with one attached hydrogen (secondary N) is 1. The summed E-state index contributed by atoms with van der Waals surface area (Å²) in [6, 6.07) is 8.25. The molecule has 0 saturated carbocycles. The SMILES string of the molecule is CC1CN(C(C)(C)CN=C(N)NC2CCOc3ccccc32)CC(C)O1.I. The fraction of sp³-hybridized carbons (Fsp3) is 0.650. The third-order valence-corrected chi connectivity index (χ3v) is 5.19. The van der Waals surface area contributed by atoms with Crippen molar-refractivity contribution >= 4 is 29.9 Å². The molecule has 3 rings (SSSR count). The minimum atomic E-state index is -0.0633. The molecule has 3 atom stereocenters. The number of rotatable bonds is 4. The largest absolute Gasteiger partial charge is 0.493 e. The van der Waals surface area contributed by atoms with Gasteiger partial charge < -0.3 is 20.5 Å². The molecule has 152 valence electrons. The number of morpholine rings is 1. The minimum Gasteiger partial charge on any atom is -0.493 e. The standard InChI is InChI=1S/C20H32N4O2.HI/c1-14-11-24(12-15(2)26-14)20(3,4)13-22-19(21)23-17-9-10-25-18-8-6-5-7-16(17)18;/h5-8,14-15,17H,9-13H2,1-4H3,(H3,21,22,23);1H. The number of fused-ring (bicyclic) bond motifs is 1. The van der Waals surface area contributed by atoms with Crippen molar-refractivity contribution in [1.29, 1.82) is 0 Å². The summed E-state index contributed by atoms with van der Waals surface area (Å²) < 4.78 is 11.6. The van der Waals surface area contributed by atoms with Gasteiger partial charge in [-0.05, 0) is 33.8 Å². The molecule has 1 saturated heterocycles. The van der Waals surface area contributed by atoms with E-state index in [1.807, 2.05) is 18.2 Å². The molecule has 1 aromatic carbocycles. The smallest absolute Gasteiger partial charge is 0.189 e. The lowest BCUT2D eigenvalue weighted by molar-refractivity contribution is -0.0939. The number of hydrogen-bond acceptors (Lipinski definition) is 4. The summed E-state index contributed by atoms with van der Waals surface area (Å²) in [6.07, 6.45) is 1.38. The van der Waals surface area contributed by atoms with Gasteiger partial charge >= 0.3 is 0 Å². The van der Waals surface area contributed by atoms with Crippen LogP contribution in [0, 0.1) is 0 Å².